The van der Waals surface area contributed by atoms with Crippen LogP contribution in [0.25, 0.3) is 6.08 Å². The Bertz CT molecular complexity index is 699. The highest BCUT2D eigenvalue weighted by molar-refractivity contribution is 7.94. The maximum Gasteiger partial charge on any atom is 0.199 e. The number of sulfone groups is 1. The van der Waals surface area contributed by atoms with Gasteiger partial charge in [0.2, 0.25) is 0 Å². The van der Waals surface area contributed by atoms with Gasteiger partial charge in [0.25, 0.3) is 0 Å². The topological polar surface area (TPSA) is 34.1 Å². The second-order valence-electron chi connectivity index (χ2n) is 4.54. The fourth-order valence-electron chi connectivity index (χ4n) is 1.69. The number of halogens is 1. The van der Waals surface area contributed by atoms with E-state index in [-0.39, 0.29) is 0 Å². The van der Waals surface area contributed by atoms with E-state index in [0.29, 0.717) is 10.8 Å². The third-order valence-corrected chi connectivity index (χ3v) is 4.66. The van der Waals surface area contributed by atoms with E-state index in [1.54, 1.807) is 30.3 Å². The van der Waals surface area contributed by atoms with Crippen molar-refractivity contribution in [3.63, 3.8) is 0 Å². The lowest BCUT2D eigenvalue weighted by Gasteiger charge is -2.00. The maximum absolute atomic E-state index is 12.1. The second-order valence-corrected chi connectivity index (χ2v) is 6.64. The lowest BCUT2D eigenvalue weighted by atomic mass is 10.1. The number of hydrogen-bond donors (Lipinski definition) is 0. The first kappa shape index (κ1) is 14.8. The first-order valence-corrected chi connectivity index (χ1v) is 8.24. The molecule has 2 nitrogen and oxygen atoms in total. The number of benzene rings is 2. The minimum atomic E-state index is -3.40. The number of rotatable bonds is 4. The van der Waals surface area contributed by atoms with Crippen LogP contribution in [-0.2, 0) is 15.7 Å². The van der Waals surface area contributed by atoms with E-state index in [9.17, 15) is 8.42 Å². The van der Waals surface area contributed by atoms with Crippen LogP contribution in [0, 0.1) is 6.92 Å². The van der Waals surface area contributed by atoms with Crippen LogP contribution in [0.5, 0.6) is 0 Å². The Morgan fingerprint density at radius 2 is 1.60 bits per heavy atom. The van der Waals surface area contributed by atoms with E-state index in [0.717, 1.165) is 16.7 Å². The first-order valence-electron chi connectivity index (χ1n) is 6.16. The summed E-state index contributed by atoms with van der Waals surface area (Å²) in [6.07, 6.45) is 1.59. The summed E-state index contributed by atoms with van der Waals surface area (Å²) >= 11 is 5.71. The lowest BCUT2D eigenvalue weighted by Crippen LogP contribution is -1.95. The van der Waals surface area contributed by atoms with Crippen molar-refractivity contribution in [3.05, 3.63) is 70.6 Å². The molecule has 2 aromatic rings. The molecule has 0 bridgehead atoms. The average Bonchev–Trinajstić information content (AvgIpc) is 2.46. The summed E-state index contributed by atoms with van der Waals surface area (Å²) in [5.41, 5.74) is 2.87. The van der Waals surface area contributed by atoms with Gasteiger partial charge in [0, 0.05) is 11.3 Å². The SMILES string of the molecule is Cc1ccc(S(=O)(=O)/C=C/c2ccc(CCl)cc2)cc1. The minimum Gasteiger partial charge on any atom is -0.219 e. The van der Waals surface area contributed by atoms with E-state index in [4.69, 9.17) is 11.6 Å². The molecule has 2 rings (SSSR count). The molecule has 4 heteroatoms. The molecule has 0 saturated carbocycles. The highest BCUT2D eigenvalue weighted by Crippen LogP contribution is 2.15. The molecule has 0 aliphatic carbocycles. The molecular formula is C16H15ClO2S. The Morgan fingerprint density at radius 1 is 1.00 bits per heavy atom. The average molecular weight is 307 g/mol. The Morgan fingerprint density at radius 3 is 2.15 bits per heavy atom. The maximum atomic E-state index is 12.1. The van der Waals surface area contributed by atoms with E-state index >= 15 is 0 Å². The zero-order valence-electron chi connectivity index (χ0n) is 11.1. The Hall–Kier alpha value is -1.58. The normalized spacial score (nSPS) is 11.9. The number of alkyl halides is 1. The van der Waals surface area contributed by atoms with Crippen LogP contribution in [0.15, 0.2) is 58.8 Å². The molecule has 0 atom stereocenters. The number of aryl methyl sites for hydroxylation is 1. The van der Waals surface area contributed by atoms with Crippen molar-refractivity contribution in [2.75, 3.05) is 0 Å². The highest BCUT2D eigenvalue weighted by atomic mass is 35.5. The van der Waals surface area contributed by atoms with Gasteiger partial charge in [0.15, 0.2) is 9.84 Å². The van der Waals surface area contributed by atoms with Crippen molar-refractivity contribution in [3.8, 4) is 0 Å². The third kappa shape index (κ3) is 3.71. The molecule has 0 saturated heterocycles. The molecule has 0 N–H and O–H groups in total. The Labute approximate surface area is 124 Å². The molecule has 0 aliphatic heterocycles. The smallest absolute Gasteiger partial charge is 0.199 e. The number of hydrogen-bond acceptors (Lipinski definition) is 2. The molecule has 0 aliphatic rings. The monoisotopic (exact) mass is 306 g/mol. The fourth-order valence-corrected chi connectivity index (χ4v) is 2.88. The van der Waals surface area contributed by atoms with E-state index in [2.05, 4.69) is 0 Å². The predicted molar refractivity (Wildman–Crippen MR) is 83.4 cm³/mol. The van der Waals surface area contributed by atoms with Crippen LogP contribution < -0.4 is 0 Å². The van der Waals surface area contributed by atoms with Crippen molar-refractivity contribution in [2.45, 2.75) is 17.7 Å². The van der Waals surface area contributed by atoms with Crippen molar-refractivity contribution in [1.82, 2.24) is 0 Å². The van der Waals surface area contributed by atoms with Crippen LogP contribution in [-0.4, -0.2) is 8.42 Å². The zero-order chi connectivity index (χ0) is 14.6. The van der Waals surface area contributed by atoms with Gasteiger partial charge in [-0.05, 0) is 36.3 Å². The van der Waals surface area contributed by atoms with Gasteiger partial charge >= 0.3 is 0 Å². The molecule has 2 aromatic carbocycles. The lowest BCUT2D eigenvalue weighted by molar-refractivity contribution is 0.605. The summed E-state index contributed by atoms with van der Waals surface area (Å²) in [5.74, 6) is 0.450. The largest absolute Gasteiger partial charge is 0.219 e. The molecule has 0 amide bonds. The van der Waals surface area contributed by atoms with Gasteiger partial charge in [0.05, 0.1) is 4.90 Å². The summed E-state index contributed by atoms with van der Waals surface area (Å²) < 4.78 is 24.3. The van der Waals surface area contributed by atoms with Crippen molar-refractivity contribution >= 4 is 27.5 Å². The molecule has 0 heterocycles. The summed E-state index contributed by atoms with van der Waals surface area (Å²) in [4.78, 5) is 0.303. The predicted octanol–water partition coefficient (Wildman–Crippen LogP) is 4.18. The van der Waals surface area contributed by atoms with Gasteiger partial charge in [-0.1, -0.05) is 42.0 Å². The minimum absolute atomic E-state index is 0.303. The van der Waals surface area contributed by atoms with Crippen LogP contribution in [0.4, 0.5) is 0 Å². The zero-order valence-corrected chi connectivity index (χ0v) is 12.7. The summed E-state index contributed by atoms with van der Waals surface area (Å²) in [5, 5.41) is 1.23. The molecule has 0 spiro atoms. The molecule has 0 unspecified atom stereocenters. The second kappa shape index (κ2) is 6.25. The van der Waals surface area contributed by atoms with Crippen LogP contribution in [0.2, 0.25) is 0 Å². The highest BCUT2D eigenvalue weighted by Gasteiger charge is 2.09. The van der Waals surface area contributed by atoms with E-state index in [1.165, 1.54) is 5.41 Å². The summed E-state index contributed by atoms with van der Waals surface area (Å²) in [7, 11) is -3.40. The molecule has 0 aromatic heterocycles. The molecule has 0 radical (unpaired) electrons. The first-order chi connectivity index (χ1) is 9.51. The van der Waals surface area contributed by atoms with Crippen LogP contribution >= 0.6 is 11.6 Å². The van der Waals surface area contributed by atoms with E-state index < -0.39 is 9.84 Å². The van der Waals surface area contributed by atoms with Gasteiger partial charge in [-0.15, -0.1) is 11.6 Å². The Balaban J connectivity index is 2.22. The summed E-state index contributed by atoms with van der Waals surface area (Å²) in [6, 6.07) is 14.3. The van der Waals surface area contributed by atoms with Crippen molar-refractivity contribution in [2.24, 2.45) is 0 Å². The summed E-state index contributed by atoms with van der Waals surface area (Å²) in [6.45, 7) is 1.92. The standard InChI is InChI=1S/C16H15ClO2S/c1-13-2-8-16(9-3-13)20(18,19)11-10-14-4-6-15(12-17)7-5-14/h2-11H,12H2,1H3/b11-10+. The Kier molecular flexibility index (Phi) is 4.63. The van der Waals surface area contributed by atoms with Gasteiger partial charge in [-0.2, -0.15) is 0 Å². The molecule has 104 valence electrons. The van der Waals surface area contributed by atoms with Crippen LogP contribution in [0.3, 0.4) is 0 Å². The van der Waals surface area contributed by atoms with Gasteiger partial charge in [-0.25, -0.2) is 8.42 Å². The molecule has 20 heavy (non-hydrogen) atoms. The van der Waals surface area contributed by atoms with Gasteiger partial charge in [-0.3, -0.25) is 0 Å². The van der Waals surface area contributed by atoms with Gasteiger partial charge < -0.3 is 0 Å². The molecule has 0 fully saturated rings. The van der Waals surface area contributed by atoms with Crippen LogP contribution in [0.1, 0.15) is 16.7 Å². The quantitative estimate of drug-likeness (QED) is 0.794. The van der Waals surface area contributed by atoms with Gasteiger partial charge in [0.1, 0.15) is 0 Å². The van der Waals surface area contributed by atoms with E-state index in [1.807, 2.05) is 31.2 Å². The molecular weight excluding hydrogens is 292 g/mol. The van der Waals surface area contributed by atoms with Crippen molar-refractivity contribution in [1.29, 1.82) is 0 Å². The van der Waals surface area contributed by atoms with Crippen molar-refractivity contribution < 1.29 is 8.42 Å². The third-order valence-electron chi connectivity index (χ3n) is 2.92. The fraction of sp³-hybridized carbons (Fsp3) is 0.125.